The topological polar surface area (TPSA) is 72.9 Å². The molecule has 0 saturated heterocycles. The summed E-state index contributed by atoms with van der Waals surface area (Å²) in [7, 11) is 0. The van der Waals surface area contributed by atoms with Crippen LogP contribution >= 0.6 is 23.2 Å². The largest absolute Gasteiger partial charge is 0.397 e. The Hall–Kier alpha value is -1.72. The molecule has 3 N–H and O–H groups in total. The smallest absolute Gasteiger partial charge is 0.251 e. The lowest BCUT2D eigenvalue weighted by Crippen LogP contribution is -2.27. The van der Waals surface area contributed by atoms with Crippen molar-refractivity contribution in [1.82, 2.24) is 15.1 Å². The van der Waals surface area contributed by atoms with Gasteiger partial charge in [0.2, 0.25) is 0 Å². The van der Waals surface area contributed by atoms with E-state index in [9.17, 15) is 4.79 Å². The summed E-state index contributed by atoms with van der Waals surface area (Å²) in [5.74, 6) is -0.251. The Morgan fingerprint density at radius 1 is 1.45 bits per heavy atom. The molecule has 0 aliphatic carbocycles. The van der Waals surface area contributed by atoms with Gasteiger partial charge in [-0.05, 0) is 24.6 Å². The van der Waals surface area contributed by atoms with Gasteiger partial charge in [-0.1, -0.05) is 23.2 Å². The molecular weight excluding hydrogens is 299 g/mol. The minimum absolute atomic E-state index is 0.251. The van der Waals surface area contributed by atoms with Crippen LogP contribution in [0.5, 0.6) is 0 Å². The molecule has 1 amide bonds. The van der Waals surface area contributed by atoms with Crippen molar-refractivity contribution >= 4 is 34.8 Å². The number of carbonyl (C=O) groups is 1. The third-order valence-electron chi connectivity index (χ3n) is 2.71. The van der Waals surface area contributed by atoms with Crippen molar-refractivity contribution < 1.29 is 4.79 Å². The summed E-state index contributed by atoms with van der Waals surface area (Å²) in [6, 6.07) is 3.00. The number of hydrogen-bond donors (Lipinski definition) is 2. The monoisotopic (exact) mass is 312 g/mol. The van der Waals surface area contributed by atoms with Crippen LogP contribution in [0.15, 0.2) is 24.5 Å². The zero-order valence-electron chi connectivity index (χ0n) is 10.9. The van der Waals surface area contributed by atoms with E-state index in [4.69, 9.17) is 28.9 Å². The molecule has 0 spiro atoms. The molecule has 106 valence electrons. The molecule has 2 rings (SSSR count). The van der Waals surface area contributed by atoms with Gasteiger partial charge in [0.15, 0.2) is 0 Å². The fourth-order valence-electron chi connectivity index (χ4n) is 1.72. The molecule has 2 aromatic rings. The van der Waals surface area contributed by atoms with E-state index < -0.39 is 0 Å². The molecule has 0 saturated carbocycles. The van der Waals surface area contributed by atoms with Gasteiger partial charge in [-0.15, -0.1) is 0 Å². The number of rotatable bonds is 4. The molecule has 0 radical (unpaired) electrons. The van der Waals surface area contributed by atoms with E-state index >= 15 is 0 Å². The van der Waals surface area contributed by atoms with Gasteiger partial charge >= 0.3 is 0 Å². The highest BCUT2D eigenvalue weighted by molar-refractivity contribution is 6.43. The number of amides is 1. The molecule has 7 heteroatoms. The van der Waals surface area contributed by atoms with Gasteiger partial charge in [-0.3, -0.25) is 9.48 Å². The Morgan fingerprint density at radius 3 is 2.80 bits per heavy atom. The summed E-state index contributed by atoms with van der Waals surface area (Å²) in [5, 5.41) is 7.43. The van der Waals surface area contributed by atoms with Crippen LogP contribution in [0.4, 0.5) is 5.69 Å². The third-order valence-corrected chi connectivity index (χ3v) is 3.52. The molecule has 20 heavy (non-hydrogen) atoms. The van der Waals surface area contributed by atoms with Crippen LogP contribution < -0.4 is 11.1 Å². The van der Waals surface area contributed by atoms with Crippen LogP contribution in [0.25, 0.3) is 0 Å². The predicted molar refractivity (Wildman–Crippen MR) is 80.2 cm³/mol. The molecule has 0 atom stereocenters. The van der Waals surface area contributed by atoms with E-state index in [1.54, 1.807) is 10.9 Å². The summed E-state index contributed by atoms with van der Waals surface area (Å²) < 4.78 is 1.76. The molecule has 5 nitrogen and oxygen atoms in total. The normalized spacial score (nSPS) is 10.6. The first-order chi connectivity index (χ1) is 9.47. The van der Waals surface area contributed by atoms with Crippen LogP contribution in [0, 0.1) is 6.92 Å². The molecule has 1 aromatic heterocycles. The molecule has 0 bridgehead atoms. The summed E-state index contributed by atoms with van der Waals surface area (Å²) in [5.41, 5.74) is 7.42. The second-order valence-corrected chi connectivity index (χ2v) is 5.18. The van der Waals surface area contributed by atoms with Crippen LogP contribution in [0.3, 0.4) is 0 Å². The van der Waals surface area contributed by atoms with Gasteiger partial charge < -0.3 is 11.1 Å². The summed E-state index contributed by atoms with van der Waals surface area (Å²) in [6.07, 6.45) is 3.67. The Kier molecular flexibility index (Phi) is 4.52. The predicted octanol–water partition coefficient (Wildman–Crippen LogP) is 2.51. The van der Waals surface area contributed by atoms with Crippen LogP contribution in [0.1, 0.15) is 15.9 Å². The van der Waals surface area contributed by atoms with E-state index in [-0.39, 0.29) is 21.6 Å². The van der Waals surface area contributed by atoms with Crippen molar-refractivity contribution in [2.75, 3.05) is 12.3 Å². The maximum absolute atomic E-state index is 12.0. The fourth-order valence-corrected chi connectivity index (χ4v) is 2.05. The molecule has 0 aliphatic heterocycles. The molecule has 0 fully saturated rings. The van der Waals surface area contributed by atoms with E-state index in [1.807, 2.05) is 13.1 Å². The Bertz CT molecular complexity index is 616. The van der Waals surface area contributed by atoms with Crippen molar-refractivity contribution in [1.29, 1.82) is 0 Å². The molecule has 1 heterocycles. The first-order valence-corrected chi connectivity index (χ1v) is 6.74. The number of carbonyl (C=O) groups excluding carboxylic acids is 1. The summed E-state index contributed by atoms with van der Waals surface area (Å²) in [6.45, 7) is 3.01. The lowest BCUT2D eigenvalue weighted by atomic mass is 10.2. The fraction of sp³-hybridized carbons (Fsp3) is 0.231. The van der Waals surface area contributed by atoms with Gasteiger partial charge in [0, 0.05) is 18.3 Å². The minimum atomic E-state index is -0.251. The van der Waals surface area contributed by atoms with Crippen molar-refractivity contribution in [2.45, 2.75) is 13.5 Å². The third kappa shape index (κ3) is 3.43. The van der Waals surface area contributed by atoms with E-state index in [0.717, 1.165) is 5.56 Å². The second kappa shape index (κ2) is 6.15. The molecule has 1 aromatic carbocycles. The van der Waals surface area contributed by atoms with Gasteiger partial charge in [-0.25, -0.2) is 0 Å². The highest BCUT2D eigenvalue weighted by Gasteiger charge is 2.10. The Balaban J connectivity index is 1.95. The number of hydrogen-bond acceptors (Lipinski definition) is 3. The maximum atomic E-state index is 12.0. The SMILES string of the molecule is Cc1cnn(CCNC(=O)c2cc(N)c(Cl)c(Cl)c2)c1. The number of nitrogen functional groups attached to an aromatic ring is 1. The Labute approximate surface area is 126 Å². The highest BCUT2D eigenvalue weighted by atomic mass is 35.5. The average molecular weight is 313 g/mol. The Morgan fingerprint density at radius 2 is 2.20 bits per heavy atom. The quantitative estimate of drug-likeness (QED) is 0.852. The molecule has 0 aliphatic rings. The van der Waals surface area contributed by atoms with Crippen LogP contribution in [0.2, 0.25) is 10.0 Å². The van der Waals surface area contributed by atoms with E-state index in [0.29, 0.717) is 18.7 Å². The number of aryl methyl sites for hydroxylation is 1. The van der Waals surface area contributed by atoms with E-state index in [2.05, 4.69) is 10.4 Å². The highest BCUT2D eigenvalue weighted by Crippen LogP contribution is 2.29. The van der Waals surface area contributed by atoms with Crippen molar-refractivity contribution in [3.8, 4) is 0 Å². The standard InChI is InChI=1S/C13H14Cl2N4O/c1-8-6-18-19(7-8)3-2-17-13(20)9-4-10(14)12(15)11(16)5-9/h4-7H,2-3,16H2,1H3,(H,17,20). The van der Waals surface area contributed by atoms with Crippen LogP contribution in [-0.2, 0) is 6.54 Å². The van der Waals surface area contributed by atoms with Gasteiger partial charge in [0.05, 0.1) is 28.5 Å². The molecule has 0 unspecified atom stereocenters. The van der Waals surface area contributed by atoms with Crippen molar-refractivity contribution in [3.63, 3.8) is 0 Å². The number of anilines is 1. The first-order valence-electron chi connectivity index (χ1n) is 5.99. The van der Waals surface area contributed by atoms with Crippen molar-refractivity contribution in [3.05, 3.63) is 45.7 Å². The van der Waals surface area contributed by atoms with Gasteiger partial charge in [0.25, 0.3) is 5.91 Å². The van der Waals surface area contributed by atoms with Gasteiger partial charge in [-0.2, -0.15) is 5.10 Å². The lowest BCUT2D eigenvalue weighted by molar-refractivity contribution is 0.0952. The lowest BCUT2D eigenvalue weighted by Gasteiger charge is -2.08. The second-order valence-electron chi connectivity index (χ2n) is 4.40. The summed E-state index contributed by atoms with van der Waals surface area (Å²) >= 11 is 11.7. The number of aromatic nitrogens is 2. The van der Waals surface area contributed by atoms with Crippen LogP contribution in [-0.4, -0.2) is 22.2 Å². The zero-order valence-corrected chi connectivity index (χ0v) is 12.4. The first kappa shape index (κ1) is 14.7. The molecular formula is C13H14Cl2N4O. The maximum Gasteiger partial charge on any atom is 0.251 e. The van der Waals surface area contributed by atoms with Gasteiger partial charge in [0.1, 0.15) is 0 Å². The number of nitrogens with two attached hydrogens (primary N) is 1. The minimum Gasteiger partial charge on any atom is -0.397 e. The number of nitrogens with zero attached hydrogens (tertiary/aromatic N) is 2. The number of nitrogens with one attached hydrogen (secondary N) is 1. The van der Waals surface area contributed by atoms with Crippen molar-refractivity contribution in [2.24, 2.45) is 0 Å². The average Bonchev–Trinajstić information content (AvgIpc) is 2.81. The number of halogens is 2. The zero-order chi connectivity index (χ0) is 14.7. The summed E-state index contributed by atoms with van der Waals surface area (Å²) in [4.78, 5) is 12.0. The number of benzene rings is 1. The van der Waals surface area contributed by atoms with E-state index in [1.165, 1.54) is 12.1 Å².